The standard InChI is InChI=1S/C15H24N2O6/c1-9-5-12(18)10(11(9)7-17(21)22)6-14(20)23-8-13(19)16-15(2,3)4/h9-11H,5-8H2,1-4H3,(H,16,19)/t9-,10+,11-/m1/s1. The van der Waals surface area contributed by atoms with Crippen LogP contribution in [0.25, 0.3) is 0 Å². The Kier molecular flexibility index (Phi) is 6.23. The molecule has 0 heterocycles. The van der Waals surface area contributed by atoms with Crippen molar-refractivity contribution in [2.75, 3.05) is 13.2 Å². The van der Waals surface area contributed by atoms with Crippen LogP contribution in [0.5, 0.6) is 0 Å². The Morgan fingerprint density at radius 2 is 2.00 bits per heavy atom. The number of esters is 1. The molecular formula is C15H24N2O6. The van der Waals surface area contributed by atoms with E-state index in [-0.39, 0.29) is 31.1 Å². The normalized spacial score (nSPS) is 24.3. The number of Topliss-reactive ketones (excluding diaryl/α,β-unsaturated/α-hetero) is 1. The molecule has 0 aromatic rings. The lowest BCUT2D eigenvalue weighted by molar-refractivity contribution is -0.490. The average molecular weight is 328 g/mol. The van der Waals surface area contributed by atoms with Crippen molar-refractivity contribution >= 4 is 17.7 Å². The fraction of sp³-hybridized carbons (Fsp3) is 0.800. The van der Waals surface area contributed by atoms with Crippen molar-refractivity contribution in [3.05, 3.63) is 10.1 Å². The van der Waals surface area contributed by atoms with E-state index >= 15 is 0 Å². The smallest absolute Gasteiger partial charge is 0.307 e. The molecule has 0 saturated heterocycles. The van der Waals surface area contributed by atoms with E-state index < -0.39 is 40.8 Å². The number of carbonyl (C=O) groups is 3. The highest BCUT2D eigenvalue weighted by Gasteiger charge is 2.44. The van der Waals surface area contributed by atoms with Gasteiger partial charge in [-0.3, -0.25) is 24.5 Å². The Morgan fingerprint density at radius 3 is 2.52 bits per heavy atom. The van der Waals surface area contributed by atoms with Crippen LogP contribution in [0.1, 0.15) is 40.5 Å². The lowest BCUT2D eigenvalue weighted by atomic mass is 9.88. The summed E-state index contributed by atoms with van der Waals surface area (Å²) >= 11 is 0. The first-order valence-electron chi connectivity index (χ1n) is 7.60. The number of nitro groups is 1. The van der Waals surface area contributed by atoms with Gasteiger partial charge in [-0.1, -0.05) is 6.92 Å². The molecule has 1 N–H and O–H groups in total. The molecule has 1 aliphatic rings. The van der Waals surface area contributed by atoms with Gasteiger partial charge in [0.05, 0.1) is 6.42 Å². The molecule has 1 aliphatic carbocycles. The quantitative estimate of drug-likeness (QED) is 0.441. The van der Waals surface area contributed by atoms with Gasteiger partial charge < -0.3 is 10.1 Å². The molecule has 0 bridgehead atoms. The highest BCUT2D eigenvalue weighted by atomic mass is 16.6. The Labute approximate surface area is 135 Å². The van der Waals surface area contributed by atoms with Crippen LogP contribution in [0.15, 0.2) is 0 Å². The van der Waals surface area contributed by atoms with Crippen LogP contribution in [0.2, 0.25) is 0 Å². The number of nitrogens with zero attached hydrogens (tertiary/aromatic N) is 1. The van der Waals surface area contributed by atoms with Gasteiger partial charge in [-0.25, -0.2) is 0 Å². The molecule has 8 heteroatoms. The zero-order valence-corrected chi connectivity index (χ0v) is 14.0. The van der Waals surface area contributed by atoms with Gasteiger partial charge in [0.15, 0.2) is 6.61 Å². The minimum atomic E-state index is -0.700. The summed E-state index contributed by atoms with van der Waals surface area (Å²) in [5, 5.41) is 13.4. The average Bonchev–Trinajstić information content (AvgIpc) is 2.61. The molecule has 130 valence electrons. The summed E-state index contributed by atoms with van der Waals surface area (Å²) in [7, 11) is 0. The van der Waals surface area contributed by atoms with Gasteiger partial charge in [0, 0.05) is 28.7 Å². The molecular weight excluding hydrogens is 304 g/mol. The molecule has 1 fully saturated rings. The van der Waals surface area contributed by atoms with Gasteiger partial charge in [0.25, 0.3) is 5.91 Å². The van der Waals surface area contributed by atoms with Gasteiger partial charge in [-0.15, -0.1) is 0 Å². The molecule has 0 unspecified atom stereocenters. The number of hydrogen-bond donors (Lipinski definition) is 1. The molecule has 0 aliphatic heterocycles. The topological polar surface area (TPSA) is 116 Å². The first-order chi connectivity index (χ1) is 10.5. The predicted octanol–water partition coefficient (Wildman–Crippen LogP) is 0.952. The van der Waals surface area contributed by atoms with E-state index in [2.05, 4.69) is 5.32 Å². The van der Waals surface area contributed by atoms with Crippen molar-refractivity contribution in [3.63, 3.8) is 0 Å². The first kappa shape index (κ1) is 19.1. The van der Waals surface area contributed by atoms with Crippen molar-refractivity contribution in [3.8, 4) is 0 Å². The molecule has 23 heavy (non-hydrogen) atoms. The van der Waals surface area contributed by atoms with E-state index in [9.17, 15) is 24.5 Å². The van der Waals surface area contributed by atoms with E-state index in [4.69, 9.17) is 4.74 Å². The summed E-state index contributed by atoms with van der Waals surface area (Å²) in [6, 6.07) is 0. The number of nitrogens with one attached hydrogen (secondary N) is 1. The van der Waals surface area contributed by atoms with Crippen molar-refractivity contribution in [1.29, 1.82) is 0 Å². The Hall–Kier alpha value is -1.99. The first-order valence-corrected chi connectivity index (χ1v) is 7.60. The lowest BCUT2D eigenvalue weighted by Gasteiger charge is -2.20. The SMILES string of the molecule is C[C@@H]1CC(=O)[C@@H](CC(=O)OCC(=O)NC(C)(C)C)[C@@H]1C[N+](=O)[O-]. The molecule has 1 rings (SSSR count). The summed E-state index contributed by atoms with van der Waals surface area (Å²) in [4.78, 5) is 45.6. The zero-order valence-electron chi connectivity index (χ0n) is 14.0. The summed E-state index contributed by atoms with van der Waals surface area (Å²) < 4.78 is 4.88. The van der Waals surface area contributed by atoms with E-state index in [1.54, 1.807) is 27.7 Å². The summed E-state index contributed by atoms with van der Waals surface area (Å²) in [6.07, 6.45) is 0.0193. The molecule has 1 amide bonds. The second-order valence-electron chi connectivity index (χ2n) is 7.10. The van der Waals surface area contributed by atoms with Crippen LogP contribution in [-0.2, 0) is 19.1 Å². The Balaban J connectivity index is 2.53. The maximum Gasteiger partial charge on any atom is 0.307 e. The van der Waals surface area contributed by atoms with E-state index in [1.807, 2.05) is 0 Å². The van der Waals surface area contributed by atoms with Crippen LogP contribution in [0.4, 0.5) is 0 Å². The highest BCUT2D eigenvalue weighted by molar-refractivity contribution is 5.88. The second kappa shape index (κ2) is 7.52. The Morgan fingerprint density at radius 1 is 1.39 bits per heavy atom. The number of ketones is 1. The number of carbonyl (C=O) groups excluding carboxylic acids is 3. The van der Waals surface area contributed by atoms with Crippen molar-refractivity contribution in [2.24, 2.45) is 17.8 Å². The summed E-state index contributed by atoms with van der Waals surface area (Å²) in [5.74, 6) is -2.56. The van der Waals surface area contributed by atoms with Crippen LogP contribution >= 0.6 is 0 Å². The van der Waals surface area contributed by atoms with Crippen molar-refractivity contribution in [1.82, 2.24) is 5.32 Å². The number of hydrogen-bond acceptors (Lipinski definition) is 6. The summed E-state index contributed by atoms with van der Waals surface area (Å²) in [6.45, 7) is 6.41. The third-order valence-corrected chi connectivity index (χ3v) is 3.81. The number of rotatable bonds is 6. The third kappa shape index (κ3) is 6.33. The fourth-order valence-electron chi connectivity index (χ4n) is 2.84. The van der Waals surface area contributed by atoms with Crippen LogP contribution in [0.3, 0.4) is 0 Å². The van der Waals surface area contributed by atoms with Gasteiger partial charge in [0.1, 0.15) is 5.78 Å². The van der Waals surface area contributed by atoms with Crippen LogP contribution in [0, 0.1) is 27.9 Å². The minimum absolute atomic E-state index is 0.130. The molecule has 8 nitrogen and oxygen atoms in total. The number of amides is 1. The van der Waals surface area contributed by atoms with E-state index in [0.717, 1.165) is 0 Å². The highest BCUT2D eigenvalue weighted by Crippen LogP contribution is 2.36. The Bertz CT molecular complexity index is 497. The fourth-order valence-corrected chi connectivity index (χ4v) is 2.84. The monoisotopic (exact) mass is 328 g/mol. The molecule has 1 saturated carbocycles. The van der Waals surface area contributed by atoms with Gasteiger partial charge in [0.2, 0.25) is 6.54 Å². The largest absolute Gasteiger partial charge is 0.456 e. The van der Waals surface area contributed by atoms with Crippen LogP contribution in [-0.4, -0.2) is 41.3 Å². The lowest BCUT2D eigenvalue weighted by Crippen LogP contribution is -2.42. The third-order valence-electron chi connectivity index (χ3n) is 3.81. The van der Waals surface area contributed by atoms with E-state index in [1.165, 1.54) is 0 Å². The molecule has 0 aromatic carbocycles. The van der Waals surface area contributed by atoms with Crippen molar-refractivity contribution < 1.29 is 24.0 Å². The predicted molar refractivity (Wildman–Crippen MR) is 81.1 cm³/mol. The molecule has 0 aromatic heterocycles. The van der Waals surface area contributed by atoms with Crippen LogP contribution < -0.4 is 5.32 Å². The zero-order chi connectivity index (χ0) is 17.8. The van der Waals surface area contributed by atoms with Crippen molar-refractivity contribution in [2.45, 2.75) is 46.1 Å². The van der Waals surface area contributed by atoms with E-state index in [0.29, 0.717) is 0 Å². The number of ether oxygens (including phenoxy) is 1. The van der Waals surface area contributed by atoms with Gasteiger partial charge in [-0.05, 0) is 26.7 Å². The maximum atomic E-state index is 11.9. The minimum Gasteiger partial charge on any atom is -0.456 e. The van der Waals surface area contributed by atoms with Gasteiger partial charge in [-0.2, -0.15) is 0 Å². The second-order valence-corrected chi connectivity index (χ2v) is 7.10. The maximum absolute atomic E-state index is 11.9. The summed E-state index contributed by atoms with van der Waals surface area (Å²) in [5.41, 5.74) is -0.433. The van der Waals surface area contributed by atoms with Gasteiger partial charge >= 0.3 is 5.97 Å². The molecule has 0 radical (unpaired) electrons. The molecule has 3 atom stereocenters. The molecule has 0 spiro atoms.